The van der Waals surface area contributed by atoms with Crippen LogP contribution in [0.1, 0.15) is 5.56 Å². The fraction of sp³-hybridized carbons (Fsp3) is 0.125. The number of nitrogens with one attached hydrogen (secondary N) is 1. The number of phenolic OH excluding ortho intramolecular Hbond substituents is 1. The van der Waals surface area contributed by atoms with Gasteiger partial charge in [-0.05, 0) is 40.2 Å². The number of ether oxygens (including phenoxy) is 2. The number of aromatic hydroxyl groups is 1. The number of nitrogens with zero attached hydrogens (tertiary/aromatic N) is 2. The number of hydrogen-bond donors (Lipinski definition) is 2. The molecule has 0 saturated carbocycles. The fourth-order valence-corrected chi connectivity index (χ4v) is 3.28. The Morgan fingerprint density at radius 2 is 2.11 bits per heavy atom. The number of nitro groups is 1. The van der Waals surface area contributed by atoms with E-state index in [0.29, 0.717) is 16.0 Å². The maximum absolute atomic E-state index is 11.9. The predicted molar refractivity (Wildman–Crippen MR) is 104 cm³/mol. The van der Waals surface area contributed by atoms with E-state index in [1.54, 1.807) is 12.1 Å². The highest BCUT2D eigenvalue weighted by atomic mass is 79.9. The van der Waals surface area contributed by atoms with Crippen LogP contribution in [0.3, 0.4) is 0 Å². The van der Waals surface area contributed by atoms with Gasteiger partial charge in [0, 0.05) is 10.5 Å². The summed E-state index contributed by atoms with van der Waals surface area (Å²) in [5, 5.41) is 24.0. The highest BCUT2D eigenvalue weighted by Crippen LogP contribution is 2.38. The number of carbonyl (C=O) groups excluding carboxylic acids is 1. The van der Waals surface area contributed by atoms with Crippen molar-refractivity contribution < 1.29 is 24.3 Å². The molecular formula is C16H13Br2N3O6. The van der Waals surface area contributed by atoms with Gasteiger partial charge in [-0.1, -0.05) is 15.9 Å². The zero-order chi connectivity index (χ0) is 20.0. The Morgan fingerprint density at radius 3 is 2.78 bits per heavy atom. The predicted octanol–water partition coefficient (Wildman–Crippen LogP) is 3.36. The van der Waals surface area contributed by atoms with Crippen molar-refractivity contribution in [3.8, 4) is 17.2 Å². The van der Waals surface area contributed by atoms with Crippen LogP contribution >= 0.6 is 31.9 Å². The topological polar surface area (TPSA) is 123 Å². The molecule has 0 unspecified atom stereocenters. The molecule has 0 bridgehead atoms. The van der Waals surface area contributed by atoms with E-state index in [1.165, 1.54) is 13.2 Å². The average molecular weight is 503 g/mol. The van der Waals surface area contributed by atoms with Crippen LogP contribution in [0.2, 0.25) is 0 Å². The molecule has 2 aromatic carbocycles. The molecule has 1 amide bonds. The monoisotopic (exact) mass is 501 g/mol. The Bertz CT molecular complexity index is 904. The second-order valence-corrected chi connectivity index (χ2v) is 6.77. The second-order valence-electron chi connectivity index (χ2n) is 5.00. The minimum Gasteiger partial charge on any atom is -0.508 e. The molecule has 0 radical (unpaired) electrons. The number of benzene rings is 2. The van der Waals surface area contributed by atoms with Crippen LogP contribution in [0.25, 0.3) is 0 Å². The molecule has 9 nitrogen and oxygen atoms in total. The lowest BCUT2D eigenvalue weighted by atomic mass is 10.2. The van der Waals surface area contributed by atoms with Crippen molar-refractivity contribution in [1.29, 1.82) is 0 Å². The zero-order valence-electron chi connectivity index (χ0n) is 13.8. The Morgan fingerprint density at radius 1 is 1.37 bits per heavy atom. The standard InChI is InChI=1S/C16H13Br2N3O6/c1-26-14-6-10(17)5-12(18)16(14)27-8-15(23)20-19-7-9-4-11(22)2-3-13(9)21(24)25/h2-7,22H,8H2,1H3,(H,20,23)/b19-7-. The minimum atomic E-state index is -0.622. The molecule has 0 fully saturated rings. The van der Waals surface area contributed by atoms with E-state index in [0.717, 1.165) is 22.8 Å². The third-order valence-electron chi connectivity index (χ3n) is 3.14. The molecule has 0 atom stereocenters. The van der Waals surface area contributed by atoms with E-state index in [2.05, 4.69) is 42.4 Å². The molecular weight excluding hydrogens is 490 g/mol. The lowest BCUT2D eigenvalue weighted by molar-refractivity contribution is -0.385. The number of carbonyl (C=O) groups is 1. The van der Waals surface area contributed by atoms with Crippen LogP contribution in [-0.2, 0) is 4.79 Å². The summed E-state index contributed by atoms with van der Waals surface area (Å²) in [4.78, 5) is 22.2. The molecule has 2 aromatic rings. The molecule has 0 heterocycles. The van der Waals surface area contributed by atoms with Crippen LogP contribution in [-0.4, -0.2) is 35.9 Å². The number of hydrogen-bond acceptors (Lipinski definition) is 7. The Kier molecular flexibility index (Phi) is 7.13. The maximum Gasteiger partial charge on any atom is 0.278 e. The van der Waals surface area contributed by atoms with Crippen molar-refractivity contribution in [3.05, 3.63) is 55.0 Å². The largest absolute Gasteiger partial charge is 0.508 e. The normalized spacial score (nSPS) is 10.6. The molecule has 0 aliphatic rings. The maximum atomic E-state index is 11.9. The van der Waals surface area contributed by atoms with Crippen LogP contribution in [0.5, 0.6) is 17.2 Å². The van der Waals surface area contributed by atoms with Crippen molar-refractivity contribution in [3.63, 3.8) is 0 Å². The molecule has 0 saturated heterocycles. The van der Waals surface area contributed by atoms with Gasteiger partial charge in [0.2, 0.25) is 0 Å². The average Bonchev–Trinajstić information content (AvgIpc) is 2.60. The third kappa shape index (κ3) is 5.66. The lowest BCUT2D eigenvalue weighted by Crippen LogP contribution is -2.24. The molecule has 0 aromatic heterocycles. The number of rotatable bonds is 7. The summed E-state index contributed by atoms with van der Waals surface area (Å²) >= 11 is 6.63. The first kappa shape index (κ1) is 20.6. The highest BCUT2D eigenvalue weighted by molar-refractivity contribution is 9.11. The van der Waals surface area contributed by atoms with Crippen molar-refractivity contribution in [2.45, 2.75) is 0 Å². The summed E-state index contributed by atoms with van der Waals surface area (Å²) in [7, 11) is 1.47. The van der Waals surface area contributed by atoms with Crippen LogP contribution in [0.15, 0.2) is 44.4 Å². The summed E-state index contributed by atoms with van der Waals surface area (Å²) in [5.41, 5.74) is 1.97. The third-order valence-corrected chi connectivity index (χ3v) is 4.19. The van der Waals surface area contributed by atoms with Gasteiger partial charge in [0.1, 0.15) is 5.75 Å². The first-order chi connectivity index (χ1) is 12.8. The molecule has 27 heavy (non-hydrogen) atoms. The number of halogens is 2. The van der Waals surface area contributed by atoms with Gasteiger partial charge >= 0.3 is 0 Å². The van der Waals surface area contributed by atoms with Gasteiger partial charge in [-0.3, -0.25) is 14.9 Å². The van der Waals surface area contributed by atoms with Gasteiger partial charge in [0.15, 0.2) is 18.1 Å². The second kappa shape index (κ2) is 9.33. The van der Waals surface area contributed by atoms with Crippen molar-refractivity contribution in [2.24, 2.45) is 5.10 Å². The summed E-state index contributed by atoms with van der Waals surface area (Å²) < 4.78 is 12.0. The molecule has 0 spiro atoms. The van der Waals surface area contributed by atoms with Gasteiger partial charge in [-0.15, -0.1) is 0 Å². The van der Waals surface area contributed by atoms with E-state index >= 15 is 0 Å². The summed E-state index contributed by atoms with van der Waals surface area (Å²) in [5.74, 6) is 0.00112. The summed E-state index contributed by atoms with van der Waals surface area (Å²) in [6, 6.07) is 6.89. The van der Waals surface area contributed by atoms with E-state index in [9.17, 15) is 20.0 Å². The van der Waals surface area contributed by atoms with Crippen molar-refractivity contribution in [1.82, 2.24) is 5.43 Å². The van der Waals surface area contributed by atoms with E-state index in [-0.39, 0.29) is 23.6 Å². The summed E-state index contributed by atoms with van der Waals surface area (Å²) in [6.45, 7) is -0.365. The van der Waals surface area contributed by atoms with Gasteiger partial charge in [-0.2, -0.15) is 5.10 Å². The quantitative estimate of drug-likeness (QED) is 0.340. The Labute approximate surface area is 170 Å². The van der Waals surface area contributed by atoms with E-state index in [1.807, 2.05) is 0 Å². The van der Waals surface area contributed by atoms with Crippen LogP contribution in [0, 0.1) is 10.1 Å². The van der Waals surface area contributed by atoms with Crippen LogP contribution < -0.4 is 14.9 Å². The lowest BCUT2D eigenvalue weighted by Gasteiger charge is -2.12. The number of amides is 1. The van der Waals surface area contributed by atoms with Gasteiger partial charge in [0.05, 0.1) is 28.3 Å². The van der Waals surface area contributed by atoms with Crippen molar-refractivity contribution in [2.75, 3.05) is 13.7 Å². The van der Waals surface area contributed by atoms with E-state index < -0.39 is 10.8 Å². The van der Waals surface area contributed by atoms with Gasteiger partial charge in [0.25, 0.3) is 11.6 Å². The SMILES string of the molecule is COc1cc(Br)cc(Br)c1OCC(=O)N/N=C\c1cc(O)ccc1[N+](=O)[O-]. The molecule has 2 rings (SSSR count). The first-order valence-electron chi connectivity index (χ1n) is 7.27. The van der Waals surface area contributed by atoms with Gasteiger partial charge in [-0.25, -0.2) is 5.43 Å². The summed E-state index contributed by atoms with van der Waals surface area (Å²) in [6.07, 6.45) is 1.06. The number of nitro benzene ring substituents is 1. The molecule has 142 valence electrons. The van der Waals surface area contributed by atoms with Crippen LogP contribution in [0.4, 0.5) is 5.69 Å². The zero-order valence-corrected chi connectivity index (χ0v) is 17.0. The smallest absolute Gasteiger partial charge is 0.278 e. The van der Waals surface area contributed by atoms with Gasteiger partial charge < -0.3 is 14.6 Å². The molecule has 0 aliphatic carbocycles. The minimum absolute atomic E-state index is 0.0403. The van der Waals surface area contributed by atoms with E-state index in [4.69, 9.17) is 9.47 Å². The number of phenols is 1. The Hall–Kier alpha value is -2.66. The number of hydrazone groups is 1. The Balaban J connectivity index is 2.01. The molecule has 0 aliphatic heterocycles. The highest BCUT2D eigenvalue weighted by Gasteiger charge is 2.14. The molecule has 2 N–H and O–H groups in total. The molecule has 11 heteroatoms. The first-order valence-corrected chi connectivity index (χ1v) is 8.85. The fourth-order valence-electron chi connectivity index (χ4n) is 1.98. The van der Waals surface area contributed by atoms with Crippen molar-refractivity contribution >= 4 is 49.7 Å². The number of methoxy groups -OCH3 is 1.